The van der Waals surface area contributed by atoms with Crippen molar-refractivity contribution >= 4 is 21.8 Å². The fraction of sp³-hybridized carbons (Fsp3) is 0.583. The highest BCUT2D eigenvalue weighted by atomic mass is 79.9. The smallest absolute Gasteiger partial charge is 0.345 e. The zero-order valence-corrected chi connectivity index (χ0v) is 12.0. The first-order valence-electron chi connectivity index (χ1n) is 5.97. The molecule has 1 amide bonds. The minimum absolute atomic E-state index is 0.0131. The molecule has 1 saturated heterocycles. The average molecular weight is 339 g/mol. The molecule has 0 aromatic carbocycles. The van der Waals surface area contributed by atoms with Crippen LogP contribution in [0.25, 0.3) is 0 Å². The van der Waals surface area contributed by atoms with E-state index in [9.17, 15) is 18.0 Å². The van der Waals surface area contributed by atoms with Gasteiger partial charge in [0.15, 0.2) is 0 Å². The van der Waals surface area contributed by atoms with Gasteiger partial charge in [0.2, 0.25) is 0 Å². The summed E-state index contributed by atoms with van der Waals surface area (Å²) >= 11 is 3.27. The summed E-state index contributed by atoms with van der Waals surface area (Å²) in [6, 6.07) is 1.68. The topological polar surface area (TPSA) is 25.2 Å². The second-order valence-electron chi connectivity index (χ2n) is 4.76. The molecule has 1 aliphatic rings. The van der Waals surface area contributed by atoms with Crippen molar-refractivity contribution in [1.29, 1.82) is 0 Å². The Morgan fingerprint density at radius 3 is 2.37 bits per heavy atom. The van der Waals surface area contributed by atoms with Crippen molar-refractivity contribution in [2.75, 3.05) is 13.1 Å². The lowest BCUT2D eigenvalue weighted by Crippen LogP contribution is -2.42. The highest BCUT2D eigenvalue weighted by Crippen LogP contribution is 2.34. The summed E-state index contributed by atoms with van der Waals surface area (Å²) in [6.07, 6.45) is -2.43. The van der Waals surface area contributed by atoms with E-state index in [0.717, 1.165) is 4.47 Å². The van der Waals surface area contributed by atoms with Crippen LogP contribution in [0.5, 0.6) is 0 Å². The molecule has 0 radical (unpaired) electrons. The lowest BCUT2D eigenvalue weighted by atomic mass is 9.96. The van der Waals surface area contributed by atoms with Gasteiger partial charge in [0.25, 0.3) is 5.91 Å². The number of rotatable bonds is 1. The molecule has 1 fully saturated rings. The van der Waals surface area contributed by atoms with Crippen molar-refractivity contribution in [3.05, 3.63) is 22.4 Å². The average Bonchev–Trinajstić information content (AvgIpc) is 2.66. The quantitative estimate of drug-likeness (QED) is 0.771. The molecule has 2 heterocycles. The third-order valence-corrected chi connectivity index (χ3v) is 3.87. The summed E-state index contributed by atoms with van der Waals surface area (Å²) in [6.45, 7) is 0.317. The van der Waals surface area contributed by atoms with Crippen LogP contribution in [0, 0.1) is 5.92 Å². The van der Waals surface area contributed by atoms with Crippen molar-refractivity contribution in [2.45, 2.75) is 19.0 Å². The Morgan fingerprint density at radius 1 is 1.37 bits per heavy atom. The summed E-state index contributed by atoms with van der Waals surface area (Å²) in [5, 5.41) is 0. The van der Waals surface area contributed by atoms with Gasteiger partial charge in [-0.05, 0) is 34.8 Å². The number of piperidine rings is 1. The number of alkyl halides is 3. The highest BCUT2D eigenvalue weighted by Gasteiger charge is 2.41. The predicted molar refractivity (Wildman–Crippen MR) is 67.8 cm³/mol. The molecule has 0 atom stereocenters. The van der Waals surface area contributed by atoms with Crippen LogP contribution in [-0.2, 0) is 7.05 Å². The molecule has 0 bridgehead atoms. The van der Waals surface area contributed by atoms with Crippen LogP contribution in [0.3, 0.4) is 0 Å². The monoisotopic (exact) mass is 338 g/mol. The maximum Gasteiger partial charge on any atom is 0.391 e. The molecule has 7 heteroatoms. The number of carbonyl (C=O) groups excluding carboxylic acids is 1. The third-order valence-electron chi connectivity index (χ3n) is 3.44. The predicted octanol–water partition coefficient (Wildman–Crippen LogP) is 3.20. The molecule has 2 rings (SSSR count). The SMILES string of the molecule is Cn1cc(Br)cc1C(=O)N1CCC(C(F)(F)F)CC1. The van der Waals surface area contributed by atoms with Crippen molar-refractivity contribution in [2.24, 2.45) is 13.0 Å². The van der Waals surface area contributed by atoms with Crippen LogP contribution < -0.4 is 0 Å². The Hall–Kier alpha value is -0.980. The van der Waals surface area contributed by atoms with Crippen LogP contribution in [-0.4, -0.2) is 34.6 Å². The van der Waals surface area contributed by atoms with Crippen LogP contribution in [0.4, 0.5) is 13.2 Å². The van der Waals surface area contributed by atoms with Crippen LogP contribution >= 0.6 is 15.9 Å². The number of aryl methyl sites for hydroxylation is 1. The van der Waals surface area contributed by atoms with E-state index in [4.69, 9.17) is 0 Å². The highest BCUT2D eigenvalue weighted by molar-refractivity contribution is 9.10. The molecule has 0 N–H and O–H groups in total. The Morgan fingerprint density at radius 2 is 1.95 bits per heavy atom. The number of hydrogen-bond donors (Lipinski definition) is 0. The second-order valence-corrected chi connectivity index (χ2v) is 5.68. The second kappa shape index (κ2) is 5.19. The Balaban J connectivity index is 2.02. The van der Waals surface area contributed by atoms with Crippen molar-refractivity contribution < 1.29 is 18.0 Å². The zero-order valence-electron chi connectivity index (χ0n) is 10.4. The lowest BCUT2D eigenvalue weighted by molar-refractivity contribution is -0.183. The van der Waals surface area contributed by atoms with Gasteiger partial charge in [-0.25, -0.2) is 0 Å². The van der Waals surface area contributed by atoms with E-state index < -0.39 is 12.1 Å². The largest absolute Gasteiger partial charge is 0.391 e. The van der Waals surface area contributed by atoms with Gasteiger partial charge in [-0.2, -0.15) is 13.2 Å². The summed E-state index contributed by atoms with van der Waals surface area (Å²) in [4.78, 5) is 13.7. The van der Waals surface area contributed by atoms with E-state index in [1.54, 1.807) is 23.9 Å². The number of amides is 1. The van der Waals surface area contributed by atoms with E-state index in [-0.39, 0.29) is 31.8 Å². The number of nitrogens with zero attached hydrogens (tertiary/aromatic N) is 2. The van der Waals surface area contributed by atoms with E-state index in [2.05, 4.69) is 15.9 Å². The maximum atomic E-state index is 12.5. The Kier molecular flexibility index (Phi) is 3.94. The van der Waals surface area contributed by atoms with Gasteiger partial charge in [-0.1, -0.05) is 0 Å². The van der Waals surface area contributed by atoms with Crippen LogP contribution in [0.15, 0.2) is 16.7 Å². The molecular weight excluding hydrogens is 325 g/mol. The molecule has 0 aliphatic carbocycles. The summed E-state index contributed by atoms with van der Waals surface area (Å²) in [5.41, 5.74) is 0.484. The van der Waals surface area contributed by atoms with Gasteiger partial charge in [-0.3, -0.25) is 4.79 Å². The summed E-state index contributed by atoms with van der Waals surface area (Å²) in [5.74, 6) is -1.49. The Labute approximate surface area is 117 Å². The number of hydrogen-bond acceptors (Lipinski definition) is 1. The minimum atomic E-state index is -4.15. The lowest BCUT2D eigenvalue weighted by Gasteiger charge is -2.32. The number of likely N-dealkylation sites (tertiary alicyclic amines) is 1. The van der Waals surface area contributed by atoms with E-state index >= 15 is 0 Å². The van der Waals surface area contributed by atoms with Gasteiger partial charge >= 0.3 is 6.18 Å². The number of aromatic nitrogens is 1. The van der Waals surface area contributed by atoms with E-state index in [1.807, 2.05) is 0 Å². The molecule has 106 valence electrons. The molecule has 3 nitrogen and oxygen atoms in total. The van der Waals surface area contributed by atoms with Gasteiger partial charge in [-0.15, -0.1) is 0 Å². The third kappa shape index (κ3) is 3.13. The van der Waals surface area contributed by atoms with Crippen LogP contribution in [0.2, 0.25) is 0 Å². The first-order chi connectivity index (χ1) is 8.79. The molecular formula is C12H14BrF3N2O. The van der Waals surface area contributed by atoms with E-state index in [0.29, 0.717) is 5.69 Å². The number of carbonyl (C=O) groups is 1. The fourth-order valence-electron chi connectivity index (χ4n) is 2.31. The van der Waals surface area contributed by atoms with E-state index in [1.165, 1.54) is 4.90 Å². The number of halogens is 4. The van der Waals surface area contributed by atoms with Gasteiger partial charge in [0.1, 0.15) is 5.69 Å². The summed E-state index contributed by atoms with van der Waals surface area (Å²) in [7, 11) is 1.74. The zero-order chi connectivity index (χ0) is 14.2. The standard InChI is InChI=1S/C12H14BrF3N2O/c1-17-7-9(13)6-10(17)11(19)18-4-2-8(3-5-18)12(14,15)16/h6-8H,2-5H2,1H3. The van der Waals surface area contributed by atoms with Gasteiger partial charge in [0, 0.05) is 30.8 Å². The maximum absolute atomic E-state index is 12.5. The van der Waals surface area contributed by atoms with Crippen LogP contribution in [0.1, 0.15) is 23.3 Å². The first kappa shape index (κ1) is 14.4. The van der Waals surface area contributed by atoms with Gasteiger partial charge < -0.3 is 9.47 Å². The molecule has 1 aromatic heterocycles. The fourth-order valence-corrected chi connectivity index (χ4v) is 2.83. The minimum Gasteiger partial charge on any atom is -0.345 e. The summed E-state index contributed by atoms with van der Waals surface area (Å²) < 4.78 is 40.1. The molecule has 0 unspecified atom stereocenters. The van der Waals surface area contributed by atoms with Crippen molar-refractivity contribution in [3.63, 3.8) is 0 Å². The molecule has 1 aliphatic heterocycles. The Bertz CT molecular complexity index is 476. The molecule has 19 heavy (non-hydrogen) atoms. The first-order valence-corrected chi connectivity index (χ1v) is 6.76. The molecule has 1 aromatic rings. The van der Waals surface area contributed by atoms with Gasteiger partial charge in [0.05, 0.1) is 5.92 Å². The van der Waals surface area contributed by atoms with Crippen molar-refractivity contribution in [3.8, 4) is 0 Å². The molecule has 0 saturated carbocycles. The molecule has 0 spiro atoms. The normalized spacial score (nSPS) is 17.8. The van der Waals surface area contributed by atoms with Crippen molar-refractivity contribution in [1.82, 2.24) is 9.47 Å².